The quantitative estimate of drug-likeness (QED) is 0.621. The third kappa shape index (κ3) is 4.28. The van der Waals surface area contributed by atoms with Crippen molar-refractivity contribution in [3.63, 3.8) is 0 Å². The van der Waals surface area contributed by atoms with Crippen LogP contribution in [-0.4, -0.2) is 42.2 Å². The average molecular weight is 437 g/mol. The Morgan fingerprint density at radius 1 is 1.12 bits per heavy atom. The van der Waals surface area contributed by atoms with Gasteiger partial charge >= 0.3 is 5.97 Å². The van der Waals surface area contributed by atoms with Crippen LogP contribution in [0.25, 0.3) is 0 Å². The standard InChI is InChI=1S/C25H27NO6/c1-3-4-18(27)11-12-26-14-20(17-7-10-21-22(13-17)32-15-31-21)23(25(28)29)24(26)16-5-8-19(30-2)9-6-16/h5-13,20,23-24H,3-4,14-15H2,1-2H3,(H,28,29)/t20-,23+,24-/m1/s1. The maximum absolute atomic E-state index is 12.5. The lowest BCUT2D eigenvalue weighted by atomic mass is 9.83. The van der Waals surface area contributed by atoms with Crippen LogP contribution in [0.3, 0.4) is 0 Å². The molecule has 32 heavy (non-hydrogen) atoms. The second kappa shape index (κ2) is 9.34. The van der Waals surface area contributed by atoms with Crippen molar-refractivity contribution in [3.05, 3.63) is 65.9 Å². The molecule has 168 valence electrons. The highest BCUT2D eigenvalue weighted by Crippen LogP contribution is 2.48. The number of carbonyl (C=O) groups excluding carboxylic acids is 1. The minimum Gasteiger partial charge on any atom is -0.497 e. The molecule has 0 bridgehead atoms. The van der Waals surface area contributed by atoms with Crippen molar-refractivity contribution in [1.82, 2.24) is 4.90 Å². The first-order valence-electron chi connectivity index (χ1n) is 10.7. The molecule has 0 saturated carbocycles. The van der Waals surface area contributed by atoms with Crippen LogP contribution in [0.5, 0.6) is 17.2 Å². The van der Waals surface area contributed by atoms with Gasteiger partial charge in [-0.15, -0.1) is 0 Å². The highest BCUT2D eigenvalue weighted by Gasteiger charge is 2.46. The number of benzene rings is 2. The molecule has 0 unspecified atom stereocenters. The third-order valence-electron chi connectivity index (χ3n) is 6.05. The minimum atomic E-state index is -0.885. The number of carboxylic acid groups (broad SMARTS) is 1. The van der Waals surface area contributed by atoms with E-state index in [1.807, 2.05) is 54.3 Å². The fraction of sp³-hybridized carbons (Fsp3) is 0.360. The molecule has 1 fully saturated rings. The van der Waals surface area contributed by atoms with Gasteiger partial charge in [-0.05, 0) is 47.9 Å². The predicted octanol–water partition coefficient (Wildman–Crippen LogP) is 4.15. The molecule has 0 radical (unpaired) electrons. The number of carboxylic acids is 1. The van der Waals surface area contributed by atoms with Crippen LogP contribution in [0.15, 0.2) is 54.7 Å². The molecule has 2 heterocycles. The minimum absolute atomic E-state index is 0.0272. The highest BCUT2D eigenvalue weighted by atomic mass is 16.7. The number of rotatable bonds is 8. The fourth-order valence-corrected chi connectivity index (χ4v) is 4.51. The molecule has 7 heteroatoms. The lowest BCUT2D eigenvalue weighted by Gasteiger charge is -2.26. The zero-order valence-electron chi connectivity index (χ0n) is 18.2. The lowest BCUT2D eigenvalue weighted by Crippen LogP contribution is -2.26. The summed E-state index contributed by atoms with van der Waals surface area (Å²) in [4.78, 5) is 26.6. The molecule has 2 aliphatic heterocycles. The van der Waals surface area contributed by atoms with Crippen LogP contribution < -0.4 is 14.2 Å². The molecule has 0 spiro atoms. The van der Waals surface area contributed by atoms with Gasteiger partial charge < -0.3 is 24.2 Å². The molecule has 7 nitrogen and oxygen atoms in total. The Morgan fingerprint density at radius 2 is 1.84 bits per heavy atom. The monoisotopic (exact) mass is 437 g/mol. The van der Waals surface area contributed by atoms with Crippen molar-refractivity contribution in [1.29, 1.82) is 0 Å². The first-order valence-corrected chi connectivity index (χ1v) is 10.7. The number of fused-ring (bicyclic) bond motifs is 1. The van der Waals surface area contributed by atoms with Gasteiger partial charge in [0.25, 0.3) is 0 Å². The third-order valence-corrected chi connectivity index (χ3v) is 6.05. The summed E-state index contributed by atoms with van der Waals surface area (Å²) in [5, 5.41) is 10.3. The number of hydrogen-bond acceptors (Lipinski definition) is 6. The van der Waals surface area contributed by atoms with E-state index in [1.165, 1.54) is 0 Å². The second-order valence-electron chi connectivity index (χ2n) is 8.03. The molecule has 0 amide bonds. The Kier molecular flexibility index (Phi) is 6.35. The van der Waals surface area contributed by atoms with E-state index in [0.29, 0.717) is 30.2 Å². The molecule has 1 saturated heterocycles. The largest absolute Gasteiger partial charge is 0.497 e. The molecule has 2 aromatic carbocycles. The first-order chi connectivity index (χ1) is 15.5. The lowest BCUT2D eigenvalue weighted by molar-refractivity contribution is -0.143. The molecular formula is C25H27NO6. The van der Waals surface area contributed by atoms with E-state index in [2.05, 4.69) is 0 Å². The number of ketones is 1. The Balaban J connectivity index is 1.73. The zero-order valence-corrected chi connectivity index (χ0v) is 18.2. The SMILES string of the molecule is CCCC(=O)C=CN1C[C@H](c2ccc3c(c2)OCO3)[C@H](C(=O)O)[C@H]1c1ccc(OC)cc1. The fourth-order valence-electron chi connectivity index (χ4n) is 4.51. The van der Waals surface area contributed by atoms with Crippen LogP contribution >= 0.6 is 0 Å². The van der Waals surface area contributed by atoms with Gasteiger partial charge in [0.2, 0.25) is 6.79 Å². The summed E-state index contributed by atoms with van der Waals surface area (Å²) < 4.78 is 16.2. The van der Waals surface area contributed by atoms with E-state index in [0.717, 1.165) is 17.5 Å². The van der Waals surface area contributed by atoms with Gasteiger partial charge in [-0.1, -0.05) is 25.1 Å². The van der Waals surface area contributed by atoms with Gasteiger partial charge in [-0.3, -0.25) is 9.59 Å². The van der Waals surface area contributed by atoms with Crippen LogP contribution in [-0.2, 0) is 9.59 Å². The smallest absolute Gasteiger partial charge is 0.309 e. The van der Waals surface area contributed by atoms with Gasteiger partial charge in [0.1, 0.15) is 5.75 Å². The summed E-state index contributed by atoms with van der Waals surface area (Å²) in [5.41, 5.74) is 1.73. The maximum Gasteiger partial charge on any atom is 0.309 e. The van der Waals surface area contributed by atoms with Crippen LogP contribution in [0.1, 0.15) is 42.9 Å². The summed E-state index contributed by atoms with van der Waals surface area (Å²) >= 11 is 0. The molecule has 3 atom stereocenters. The molecule has 2 aromatic rings. The number of likely N-dealkylation sites (tertiary alicyclic amines) is 1. The van der Waals surface area contributed by atoms with Gasteiger partial charge in [0.15, 0.2) is 17.3 Å². The van der Waals surface area contributed by atoms with Crippen molar-refractivity contribution in [2.45, 2.75) is 31.7 Å². The average Bonchev–Trinajstić information content (AvgIpc) is 3.42. The number of methoxy groups -OCH3 is 1. The van der Waals surface area contributed by atoms with E-state index in [4.69, 9.17) is 14.2 Å². The van der Waals surface area contributed by atoms with E-state index in [9.17, 15) is 14.7 Å². The second-order valence-corrected chi connectivity index (χ2v) is 8.03. The highest BCUT2D eigenvalue weighted by molar-refractivity contribution is 5.89. The van der Waals surface area contributed by atoms with Crippen LogP contribution in [0.4, 0.5) is 0 Å². The Bertz CT molecular complexity index is 1020. The molecule has 0 aliphatic carbocycles. The molecule has 1 N–H and O–H groups in total. The molecule has 2 aliphatic rings. The summed E-state index contributed by atoms with van der Waals surface area (Å²) in [5.74, 6) is 0.122. The van der Waals surface area contributed by atoms with E-state index >= 15 is 0 Å². The number of ether oxygens (including phenoxy) is 3. The predicted molar refractivity (Wildman–Crippen MR) is 118 cm³/mol. The van der Waals surface area contributed by atoms with E-state index in [1.54, 1.807) is 19.4 Å². The summed E-state index contributed by atoms with van der Waals surface area (Å²) in [6.45, 7) is 2.58. The van der Waals surface area contributed by atoms with Gasteiger partial charge in [0.05, 0.1) is 19.1 Å². The van der Waals surface area contributed by atoms with Crippen molar-refractivity contribution in [3.8, 4) is 17.2 Å². The van der Waals surface area contributed by atoms with Crippen molar-refractivity contribution >= 4 is 11.8 Å². The van der Waals surface area contributed by atoms with Gasteiger partial charge in [0, 0.05) is 25.1 Å². The normalized spacial score (nSPS) is 21.8. The maximum atomic E-state index is 12.5. The van der Waals surface area contributed by atoms with Crippen LogP contribution in [0.2, 0.25) is 0 Å². The Labute approximate surface area is 187 Å². The number of allylic oxidation sites excluding steroid dienone is 1. The molecular weight excluding hydrogens is 410 g/mol. The Hall–Kier alpha value is -3.48. The number of aliphatic carboxylic acids is 1. The topological polar surface area (TPSA) is 85.3 Å². The van der Waals surface area contributed by atoms with Crippen molar-refractivity contribution < 1.29 is 28.9 Å². The number of carbonyl (C=O) groups is 2. The number of hydrogen-bond donors (Lipinski definition) is 1. The van der Waals surface area contributed by atoms with E-state index < -0.39 is 17.9 Å². The molecule has 0 aromatic heterocycles. The van der Waals surface area contributed by atoms with Crippen LogP contribution in [0, 0.1) is 5.92 Å². The van der Waals surface area contributed by atoms with Gasteiger partial charge in [-0.2, -0.15) is 0 Å². The summed E-state index contributed by atoms with van der Waals surface area (Å²) in [7, 11) is 1.59. The van der Waals surface area contributed by atoms with E-state index in [-0.39, 0.29) is 18.5 Å². The first kappa shape index (κ1) is 21.7. The van der Waals surface area contributed by atoms with Gasteiger partial charge in [-0.25, -0.2) is 0 Å². The summed E-state index contributed by atoms with van der Waals surface area (Å²) in [6, 6.07) is 12.6. The Morgan fingerprint density at radius 3 is 2.53 bits per heavy atom. The van der Waals surface area contributed by atoms with Crippen molar-refractivity contribution in [2.24, 2.45) is 5.92 Å². The van der Waals surface area contributed by atoms with Crippen molar-refractivity contribution in [2.75, 3.05) is 20.4 Å². The summed E-state index contributed by atoms with van der Waals surface area (Å²) in [6.07, 6.45) is 4.53. The number of nitrogens with zero attached hydrogens (tertiary/aromatic N) is 1. The zero-order chi connectivity index (χ0) is 22.7. The molecule has 4 rings (SSSR count).